The van der Waals surface area contributed by atoms with Crippen molar-refractivity contribution in [2.75, 3.05) is 11.9 Å². The van der Waals surface area contributed by atoms with Crippen LogP contribution in [-0.4, -0.2) is 23.0 Å². The third kappa shape index (κ3) is 6.22. The van der Waals surface area contributed by atoms with E-state index in [2.05, 4.69) is 50.2 Å². The van der Waals surface area contributed by atoms with Crippen molar-refractivity contribution in [1.82, 2.24) is 10.3 Å². The Hall–Kier alpha value is -1.58. The van der Waals surface area contributed by atoms with E-state index in [4.69, 9.17) is 0 Å². The zero-order valence-corrected chi connectivity index (χ0v) is 12.6. The molecule has 4 nitrogen and oxygen atoms in total. The summed E-state index contributed by atoms with van der Waals surface area (Å²) in [6.45, 7) is 11.2. The molecule has 0 radical (unpaired) electrons. The minimum Gasteiger partial charge on any atom is -0.379 e. The van der Waals surface area contributed by atoms with E-state index >= 15 is 0 Å². The molecule has 2 N–H and O–H groups in total. The number of amides is 1. The van der Waals surface area contributed by atoms with Gasteiger partial charge in [-0.2, -0.15) is 0 Å². The van der Waals surface area contributed by atoms with E-state index in [9.17, 15) is 4.79 Å². The molecule has 1 heterocycles. The van der Waals surface area contributed by atoms with Gasteiger partial charge in [0.2, 0.25) is 0 Å². The lowest BCUT2D eigenvalue weighted by Crippen LogP contribution is -2.27. The minimum atomic E-state index is -0.108. The van der Waals surface area contributed by atoms with Gasteiger partial charge in [0.25, 0.3) is 5.91 Å². The fraction of sp³-hybridized carbons (Fsp3) is 0.600. The average Bonchev–Trinajstić information content (AvgIpc) is 2.27. The van der Waals surface area contributed by atoms with Crippen molar-refractivity contribution in [3.63, 3.8) is 0 Å². The molecular weight excluding hydrogens is 238 g/mol. The number of anilines is 1. The molecule has 106 valence electrons. The topological polar surface area (TPSA) is 54.0 Å². The van der Waals surface area contributed by atoms with Crippen molar-refractivity contribution in [2.24, 2.45) is 5.92 Å². The van der Waals surface area contributed by atoms with Gasteiger partial charge < -0.3 is 10.6 Å². The smallest absolute Gasteiger partial charge is 0.269 e. The lowest BCUT2D eigenvalue weighted by atomic mass is 10.1. The van der Waals surface area contributed by atoms with Gasteiger partial charge in [-0.3, -0.25) is 4.79 Å². The zero-order valence-electron chi connectivity index (χ0n) is 12.6. The highest BCUT2D eigenvalue weighted by Gasteiger charge is 2.11. The SMILES string of the molecule is CC(C)CCNC(=O)c1ccc(NC(C)(C)C)cn1. The predicted octanol–water partition coefficient (Wildman–Crippen LogP) is 3.07. The quantitative estimate of drug-likeness (QED) is 0.858. The molecule has 0 aliphatic heterocycles. The van der Waals surface area contributed by atoms with Crippen LogP contribution in [0.2, 0.25) is 0 Å². The molecule has 1 rings (SSSR count). The first-order valence-electron chi connectivity index (χ1n) is 6.80. The van der Waals surface area contributed by atoms with Crippen molar-refractivity contribution in [2.45, 2.75) is 46.6 Å². The van der Waals surface area contributed by atoms with Gasteiger partial charge in [-0.05, 0) is 45.2 Å². The number of nitrogens with zero attached hydrogens (tertiary/aromatic N) is 1. The van der Waals surface area contributed by atoms with Gasteiger partial charge in [0.05, 0.1) is 11.9 Å². The Morgan fingerprint density at radius 1 is 1.32 bits per heavy atom. The Kier molecular flexibility index (Phi) is 5.33. The number of hydrogen-bond donors (Lipinski definition) is 2. The number of aromatic nitrogens is 1. The second kappa shape index (κ2) is 6.55. The highest BCUT2D eigenvalue weighted by Crippen LogP contribution is 2.13. The van der Waals surface area contributed by atoms with E-state index < -0.39 is 0 Å². The maximum atomic E-state index is 11.8. The first kappa shape index (κ1) is 15.5. The Morgan fingerprint density at radius 3 is 2.47 bits per heavy atom. The molecule has 0 atom stereocenters. The average molecular weight is 263 g/mol. The van der Waals surface area contributed by atoms with Crippen molar-refractivity contribution >= 4 is 11.6 Å². The van der Waals surface area contributed by atoms with Crippen LogP contribution in [0.15, 0.2) is 18.3 Å². The molecule has 0 aliphatic carbocycles. The van der Waals surface area contributed by atoms with Crippen molar-refractivity contribution in [1.29, 1.82) is 0 Å². The third-order valence-corrected chi connectivity index (χ3v) is 2.52. The second-order valence-corrected chi connectivity index (χ2v) is 6.25. The molecule has 4 heteroatoms. The fourth-order valence-corrected chi connectivity index (χ4v) is 1.60. The van der Waals surface area contributed by atoms with Crippen LogP contribution in [-0.2, 0) is 0 Å². The third-order valence-electron chi connectivity index (χ3n) is 2.52. The number of rotatable bonds is 5. The molecule has 0 unspecified atom stereocenters. The standard InChI is InChI=1S/C15H25N3O/c1-11(2)8-9-16-14(19)13-7-6-12(10-17-13)18-15(3,4)5/h6-7,10-11,18H,8-9H2,1-5H3,(H,16,19). The summed E-state index contributed by atoms with van der Waals surface area (Å²) in [5.74, 6) is 0.481. The van der Waals surface area contributed by atoms with Gasteiger partial charge in [-0.25, -0.2) is 4.98 Å². The molecule has 0 saturated heterocycles. The number of nitrogens with one attached hydrogen (secondary N) is 2. The molecule has 19 heavy (non-hydrogen) atoms. The first-order valence-corrected chi connectivity index (χ1v) is 6.80. The van der Waals surface area contributed by atoms with E-state index in [1.54, 1.807) is 12.3 Å². The van der Waals surface area contributed by atoms with Crippen LogP contribution in [0.5, 0.6) is 0 Å². The summed E-state index contributed by atoms with van der Waals surface area (Å²) in [4.78, 5) is 16.0. The van der Waals surface area contributed by atoms with Crippen LogP contribution in [0.25, 0.3) is 0 Å². The molecular formula is C15H25N3O. The maximum absolute atomic E-state index is 11.8. The molecule has 0 aliphatic rings. The maximum Gasteiger partial charge on any atom is 0.269 e. The Labute approximate surface area is 116 Å². The van der Waals surface area contributed by atoms with Gasteiger partial charge in [0.15, 0.2) is 0 Å². The van der Waals surface area contributed by atoms with E-state index in [1.165, 1.54) is 0 Å². The summed E-state index contributed by atoms with van der Waals surface area (Å²) in [6.07, 6.45) is 2.68. The summed E-state index contributed by atoms with van der Waals surface area (Å²) in [6, 6.07) is 3.63. The fourth-order valence-electron chi connectivity index (χ4n) is 1.60. The van der Waals surface area contributed by atoms with Gasteiger partial charge in [0.1, 0.15) is 5.69 Å². The van der Waals surface area contributed by atoms with Gasteiger partial charge >= 0.3 is 0 Å². The normalized spacial score (nSPS) is 11.5. The van der Waals surface area contributed by atoms with Gasteiger partial charge in [-0.1, -0.05) is 13.8 Å². The second-order valence-electron chi connectivity index (χ2n) is 6.25. The van der Waals surface area contributed by atoms with Crippen LogP contribution >= 0.6 is 0 Å². The number of carbonyl (C=O) groups is 1. The molecule has 0 fully saturated rings. The van der Waals surface area contributed by atoms with Crippen LogP contribution in [0.4, 0.5) is 5.69 Å². The molecule has 1 amide bonds. The highest BCUT2D eigenvalue weighted by molar-refractivity contribution is 5.92. The molecule has 1 aromatic rings. The summed E-state index contributed by atoms with van der Waals surface area (Å²) >= 11 is 0. The summed E-state index contributed by atoms with van der Waals surface area (Å²) in [5.41, 5.74) is 1.37. The molecule has 1 aromatic heterocycles. The predicted molar refractivity (Wildman–Crippen MR) is 79.4 cm³/mol. The van der Waals surface area contributed by atoms with Crippen molar-refractivity contribution in [3.8, 4) is 0 Å². The molecule has 0 bridgehead atoms. The zero-order chi connectivity index (χ0) is 14.5. The molecule has 0 aromatic carbocycles. The Bertz CT molecular complexity index is 404. The lowest BCUT2D eigenvalue weighted by Gasteiger charge is -2.21. The summed E-state index contributed by atoms with van der Waals surface area (Å²) in [5, 5.41) is 6.19. The van der Waals surface area contributed by atoms with Gasteiger partial charge in [0, 0.05) is 12.1 Å². The number of pyridine rings is 1. The van der Waals surface area contributed by atoms with Crippen LogP contribution in [0.1, 0.15) is 51.5 Å². The largest absolute Gasteiger partial charge is 0.379 e. The van der Waals surface area contributed by atoms with E-state index in [0.29, 0.717) is 18.2 Å². The van der Waals surface area contributed by atoms with E-state index in [-0.39, 0.29) is 11.4 Å². The summed E-state index contributed by atoms with van der Waals surface area (Å²) in [7, 11) is 0. The lowest BCUT2D eigenvalue weighted by molar-refractivity contribution is 0.0947. The van der Waals surface area contributed by atoms with Crippen molar-refractivity contribution < 1.29 is 4.79 Å². The van der Waals surface area contributed by atoms with Crippen LogP contribution in [0, 0.1) is 5.92 Å². The molecule has 0 spiro atoms. The van der Waals surface area contributed by atoms with E-state index in [1.807, 2.05) is 6.07 Å². The molecule has 0 saturated carbocycles. The van der Waals surface area contributed by atoms with Crippen LogP contribution < -0.4 is 10.6 Å². The number of carbonyl (C=O) groups excluding carboxylic acids is 1. The Balaban J connectivity index is 2.53. The minimum absolute atomic E-state index is 0.0112. The van der Waals surface area contributed by atoms with Crippen molar-refractivity contribution in [3.05, 3.63) is 24.0 Å². The highest BCUT2D eigenvalue weighted by atomic mass is 16.1. The Morgan fingerprint density at radius 2 is 2.00 bits per heavy atom. The van der Waals surface area contributed by atoms with E-state index in [0.717, 1.165) is 12.1 Å². The number of hydrogen-bond acceptors (Lipinski definition) is 3. The monoisotopic (exact) mass is 263 g/mol. The van der Waals surface area contributed by atoms with Gasteiger partial charge in [-0.15, -0.1) is 0 Å². The first-order chi connectivity index (χ1) is 8.78. The summed E-state index contributed by atoms with van der Waals surface area (Å²) < 4.78 is 0. The van der Waals surface area contributed by atoms with Crippen LogP contribution in [0.3, 0.4) is 0 Å².